The van der Waals surface area contributed by atoms with E-state index in [2.05, 4.69) is 10.6 Å². The van der Waals surface area contributed by atoms with Gasteiger partial charge in [0.1, 0.15) is 0 Å². The fraction of sp³-hybridized carbons (Fsp3) is 0.929. The zero-order valence-corrected chi connectivity index (χ0v) is 11.6. The maximum Gasteiger partial charge on any atom is 0.220 e. The van der Waals surface area contributed by atoms with E-state index in [9.17, 15) is 4.79 Å². The van der Waals surface area contributed by atoms with Crippen LogP contribution in [-0.2, 0) is 9.53 Å². The van der Waals surface area contributed by atoms with Crippen LogP contribution in [0.2, 0.25) is 0 Å². The van der Waals surface area contributed by atoms with Crippen molar-refractivity contribution in [3.8, 4) is 0 Å². The quantitative estimate of drug-likeness (QED) is 0.754. The van der Waals surface area contributed by atoms with Crippen molar-refractivity contribution >= 4 is 5.91 Å². The van der Waals surface area contributed by atoms with E-state index in [0.29, 0.717) is 31.0 Å². The van der Waals surface area contributed by atoms with Gasteiger partial charge in [0.25, 0.3) is 0 Å². The molecule has 104 valence electrons. The van der Waals surface area contributed by atoms with Crippen LogP contribution in [0.3, 0.4) is 0 Å². The van der Waals surface area contributed by atoms with Crippen LogP contribution >= 0.6 is 0 Å². The lowest BCUT2D eigenvalue weighted by Gasteiger charge is -2.29. The van der Waals surface area contributed by atoms with Gasteiger partial charge in [-0.15, -0.1) is 0 Å². The molecule has 0 aliphatic carbocycles. The van der Waals surface area contributed by atoms with Crippen LogP contribution in [0.1, 0.15) is 45.4 Å². The largest absolute Gasteiger partial charge is 0.385 e. The van der Waals surface area contributed by atoms with Crippen molar-refractivity contribution in [1.82, 2.24) is 10.6 Å². The van der Waals surface area contributed by atoms with E-state index < -0.39 is 0 Å². The Bertz CT molecular complexity index is 271. The number of ether oxygens (including phenoxy) is 1. The highest BCUT2D eigenvalue weighted by molar-refractivity contribution is 5.76. The molecule has 0 radical (unpaired) electrons. The van der Waals surface area contributed by atoms with Gasteiger partial charge in [0.15, 0.2) is 0 Å². The molecular weight excluding hydrogens is 228 g/mol. The number of hydrogen-bond donors (Lipinski definition) is 2. The lowest BCUT2D eigenvalue weighted by molar-refractivity contribution is -0.123. The second-order valence-corrected chi connectivity index (χ2v) is 5.93. The molecular formula is C14H26N2O2. The first-order valence-electron chi connectivity index (χ1n) is 7.21. The average Bonchev–Trinajstić information content (AvgIpc) is 2.66. The van der Waals surface area contributed by atoms with Gasteiger partial charge in [-0.1, -0.05) is 0 Å². The fourth-order valence-electron chi connectivity index (χ4n) is 3.30. The van der Waals surface area contributed by atoms with E-state index in [4.69, 9.17) is 4.74 Å². The van der Waals surface area contributed by atoms with E-state index in [1.807, 2.05) is 6.92 Å². The third-order valence-electron chi connectivity index (χ3n) is 4.21. The van der Waals surface area contributed by atoms with Crippen molar-refractivity contribution in [2.75, 3.05) is 13.7 Å². The lowest BCUT2D eigenvalue weighted by atomic mass is 9.89. The summed E-state index contributed by atoms with van der Waals surface area (Å²) in [4.78, 5) is 11.9. The smallest absolute Gasteiger partial charge is 0.220 e. The van der Waals surface area contributed by atoms with Gasteiger partial charge >= 0.3 is 0 Å². The summed E-state index contributed by atoms with van der Waals surface area (Å²) in [5.41, 5.74) is 0. The molecule has 1 amide bonds. The Kier molecular flexibility index (Phi) is 5.01. The molecule has 4 nitrogen and oxygen atoms in total. The zero-order chi connectivity index (χ0) is 13.0. The SMILES string of the molecule is COCCC(C)NC(=O)CC1CC2CCC(C1)N2. The van der Waals surface area contributed by atoms with Crippen molar-refractivity contribution in [3.63, 3.8) is 0 Å². The van der Waals surface area contributed by atoms with Crippen LogP contribution in [0.4, 0.5) is 0 Å². The average molecular weight is 254 g/mol. The van der Waals surface area contributed by atoms with E-state index >= 15 is 0 Å². The Morgan fingerprint density at radius 3 is 2.67 bits per heavy atom. The van der Waals surface area contributed by atoms with Crippen LogP contribution in [0, 0.1) is 5.92 Å². The summed E-state index contributed by atoms with van der Waals surface area (Å²) in [6.07, 6.45) is 6.54. The van der Waals surface area contributed by atoms with Crippen molar-refractivity contribution in [3.05, 3.63) is 0 Å². The molecule has 2 aliphatic rings. The Hall–Kier alpha value is -0.610. The molecule has 2 rings (SSSR count). The lowest BCUT2D eigenvalue weighted by Crippen LogP contribution is -2.41. The van der Waals surface area contributed by atoms with Gasteiger partial charge < -0.3 is 15.4 Å². The highest BCUT2D eigenvalue weighted by atomic mass is 16.5. The number of fused-ring (bicyclic) bond motifs is 2. The molecule has 2 bridgehead atoms. The maximum atomic E-state index is 11.9. The van der Waals surface area contributed by atoms with Crippen LogP contribution < -0.4 is 10.6 Å². The molecule has 4 heteroatoms. The molecule has 3 unspecified atom stereocenters. The second kappa shape index (κ2) is 6.53. The number of methoxy groups -OCH3 is 1. The maximum absolute atomic E-state index is 11.9. The molecule has 2 fully saturated rings. The van der Waals surface area contributed by atoms with Crippen LogP contribution in [0.15, 0.2) is 0 Å². The summed E-state index contributed by atoms with van der Waals surface area (Å²) in [6, 6.07) is 1.57. The third-order valence-corrected chi connectivity index (χ3v) is 4.21. The minimum Gasteiger partial charge on any atom is -0.385 e. The van der Waals surface area contributed by atoms with Gasteiger partial charge in [-0.3, -0.25) is 4.79 Å². The van der Waals surface area contributed by atoms with Crippen molar-refractivity contribution in [2.24, 2.45) is 5.92 Å². The molecule has 2 aliphatic heterocycles. The highest BCUT2D eigenvalue weighted by Crippen LogP contribution is 2.32. The molecule has 18 heavy (non-hydrogen) atoms. The minimum atomic E-state index is 0.213. The third kappa shape index (κ3) is 3.95. The Morgan fingerprint density at radius 2 is 2.06 bits per heavy atom. The summed E-state index contributed by atoms with van der Waals surface area (Å²) < 4.78 is 5.02. The summed E-state index contributed by atoms with van der Waals surface area (Å²) in [5.74, 6) is 0.795. The summed E-state index contributed by atoms with van der Waals surface area (Å²) in [7, 11) is 1.69. The van der Waals surface area contributed by atoms with E-state index in [0.717, 1.165) is 6.42 Å². The first kappa shape index (κ1) is 13.8. The van der Waals surface area contributed by atoms with Gasteiger partial charge in [0, 0.05) is 38.3 Å². The summed E-state index contributed by atoms with van der Waals surface area (Å²) in [5, 5.41) is 6.69. The van der Waals surface area contributed by atoms with Gasteiger partial charge in [-0.25, -0.2) is 0 Å². The van der Waals surface area contributed by atoms with Crippen molar-refractivity contribution in [2.45, 2.75) is 63.6 Å². The standard InChI is InChI=1S/C14H26N2O2/c1-10(5-6-18-2)15-14(17)9-11-7-12-3-4-13(8-11)16-12/h10-13,16H,3-9H2,1-2H3,(H,15,17). The number of carbonyl (C=O) groups is 1. The second-order valence-electron chi connectivity index (χ2n) is 5.93. The molecule has 0 aromatic heterocycles. The number of piperidine rings is 1. The van der Waals surface area contributed by atoms with Gasteiger partial charge in [0.2, 0.25) is 5.91 Å². The Morgan fingerprint density at radius 1 is 1.39 bits per heavy atom. The number of carbonyl (C=O) groups excluding carboxylic acids is 1. The van der Waals surface area contributed by atoms with Crippen LogP contribution in [-0.4, -0.2) is 37.7 Å². The Balaban J connectivity index is 1.67. The van der Waals surface area contributed by atoms with Crippen molar-refractivity contribution in [1.29, 1.82) is 0 Å². The first-order chi connectivity index (χ1) is 8.67. The van der Waals surface area contributed by atoms with E-state index in [1.165, 1.54) is 25.7 Å². The van der Waals surface area contributed by atoms with Crippen LogP contribution in [0.5, 0.6) is 0 Å². The molecule has 3 atom stereocenters. The first-order valence-corrected chi connectivity index (χ1v) is 7.21. The summed E-state index contributed by atoms with van der Waals surface area (Å²) >= 11 is 0. The number of rotatable bonds is 6. The predicted molar refractivity (Wildman–Crippen MR) is 71.4 cm³/mol. The molecule has 2 N–H and O–H groups in total. The molecule has 2 saturated heterocycles. The molecule has 0 aromatic rings. The molecule has 2 heterocycles. The number of amides is 1. The number of hydrogen-bond acceptors (Lipinski definition) is 3. The topological polar surface area (TPSA) is 50.4 Å². The summed E-state index contributed by atoms with van der Waals surface area (Å²) in [6.45, 7) is 2.75. The predicted octanol–water partition coefficient (Wildman–Crippen LogP) is 1.45. The van der Waals surface area contributed by atoms with Gasteiger partial charge in [-0.05, 0) is 44.9 Å². The monoisotopic (exact) mass is 254 g/mol. The highest BCUT2D eigenvalue weighted by Gasteiger charge is 2.34. The van der Waals surface area contributed by atoms with Gasteiger partial charge in [-0.2, -0.15) is 0 Å². The molecule has 0 saturated carbocycles. The van der Waals surface area contributed by atoms with E-state index in [-0.39, 0.29) is 11.9 Å². The van der Waals surface area contributed by atoms with E-state index in [1.54, 1.807) is 7.11 Å². The minimum absolute atomic E-state index is 0.213. The number of nitrogens with one attached hydrogen (secondary N) is 2. The Labute approximate surface area is 110 Å². The molecule has 0 spiro atoms. The van der Waals surface area contributed by atoms with Crippen molar-refractivity contribution < 1.29 is 9.53 Å². The fourth-order valence-corrected chi connectivity index (χ4v) is 3.30. The molecule has 0 aromatic carbocycles. The van der Waals surface area contributed by atoms with Gasteiger partial charge in [0.05, 0.1) is 0 Å². The zero-order valence-electron chi connectivity index (χ0n) is 11.6. The van der Waals surface area contributed by atoms with Crippen LogP contribution in [0.25, 0.3) is 0 Å². The normalized spacial score (nSPS) is 32.2.